The second-order valence-electron chi connectivity index (χ2n) is 7.64. The molecule has 0 aliphatic carbocycles. The maximum absolute atomic E-state index is 12.6. The monoisotopic (exact) mass is 374 g/mol. The van der Waals surface area contributed by atoms with Gasteiger partial charge in [-0.05, 0) is 65.0 Å². The normalized spacial score (nSPS) is 13.9. The van der Waals surface area contributed by atoms with Crippen LogP contribution in [0.2, 0.25) is 0 Å². The summed E-state index contributed by atoms with van der Waals surface area (Å²) in [6.45, 7) is 13.2. The maximum atomic E-state index is 12.6. The number of amides is 4. The van der Waals surface area contributed by atoms with Gasteiger partial charge in [-0.3, -0.25) is 14.5 Å². The fourth-order valence-electron chi connectivity index (χ4n) is 3.15. The second-order valence-corrected chi connectivity index (χ2v) is 7.64. The van der Waals surface area contributed by atoms with E-state index in [-0.39, 0.29) is 17.8 Å². The predicted octanol–water partition coefficient (Wildman–Crippen LogP) is 2.93. The van der Waals surface area contributed by atoms with Gasteiger partial charge in [0.05, 0.1) is 11.1 Å². The number of anilines is 1. The SMILES string of the molecule is CCN(CC)CCCNC(=O)Nc1ccc2c(c1)C(=O)N(C(C)(C)C)C2=O. The zero-order valence-electron chi connectivity index (χ0n) is 16.9. The summed E-state index contributed by atoms with van der Waals surface area (Å²) < 4.78 is 0. The summed E-state index contributed by atoms with van der Waals surface area (Å²) in [5.41, 5.74) is 0.601. The third-order valence-corrected chi connectivity index (χ3v) is 4.65. The lowest BCUT2D eigenvalue weighted by molar-refractivity contribution is 0.0507. The van der Waals surface area contributed by atoms with Gasteiger partial charge in [0, 0.05) is 17.8 Å². The van der Waals surface area contributed by atoms with Gasteiger partial charge < -0.3 is 15.5 Å². The standard InChI is InChI=1S/C20H30N4O3/c1-6-23(7-2)12-8-11-21-19(27)22-14-9-10-15-16(13-14)18(26)24(17(15)25)20(3,4)5/h9-10,13H,6-8,11-12H2,1-5H3,(H2,21,22,27). The number of nitrogens with zero attached hydrogens (tertiary/aromatic N) is 2. The molecule has 0 atom stereocenters. The van der Waals surface area contributed by atoms with Crippen LogP contribution in [0.5, 0.6) is 0 Å². The van der Waals surface area contributed by atoms with E-state index in [9.17, 15) is 14.4 Å². The molecular weight excluding hydrogens is 344 g/mol. The Morgan fingerprint density at radius 1 is 1.07 bits per heavy atom. The number of imide groups is 1. The molecule has 0 unspecified atom stereocenters. The van der Waals surface area contributed by atoms with Crippen LogP contribution in [0.4, 0.5) is 10.5 Å². The summed E-state index contributed by atoms with van der Waals surface area (Å²) in [7, 11) is 0. The summed E-state index contributed by atoms with van der Waals surface area (Å²) in [5, 5.41) is 5.55. The minimum atomic E-state index is -0.594. The second kappa shape index (κ2) is 8.52. The van der Waals surface area contributed by atoms with Crippen LogP contribution < -0.4 is 10.6 Å². The first-order valence-corrected chi connectivity index (χ1v) is 9.49. The van der Waals surface area contributed by atoms with Crippen molar-refractivity contribution in [2.75, 3.05) is 31.5 Å². The van der Waals surface area contributed by atoms with Crippen molar-refractivity contribution in [3.63, 3.8) is 0 Å². The first-order chi connectivity index (χ1) is 12.7. The number of rotatable bonds is 7. The van der Waals surface area contributed by atoms with Gasteiger partial charge in [-0.1, -0.05) is 13.8 Å². The molecule has 1 heterocycles. The molecule has 0 saturated carbocycles. The molecule has 0 fully saturated rings. The highest BCUT2D eigenvalue weighted by Crippen LogP contribution is 2.30. The average molecular weight is 374 g/mol. The number of hydrogen-bond acceptors (Lipinski definition) is 4. The number of carbonyl (C=O) groups excluding carboxylic acids is 3. The number of benzene rings is 1. The van der Waals surface area contributed by atoms with Gasteiger partial charge in [0.2, 0.25) is 0 Å². The van der Waals surface area contributed by atoms with E-state index < -0.39 is 5.54 Å². The lowest BCUT2D eigenvalue weighted by atomic mass is 10.1. The van der Waals surface area contributed by atoms with Gasteiger partial charge in [-0.25, -0.2) is 4.79 Å². The van der Waals surface area contributed by atoms with Crippen LogP contribution in [-0.2, 0) is 0 Å². The summed E-state index contributed by atoms with van der Waals surface area (Å²) in [6.07, 6.45) is 0.868. The highest BCUT2D eigenvalue weighted by molar-refractivity contribution is 6.22. The lowest BCUT2D eigenvalue weighted by Crippen LogP contribution is -2.45. The van der Waals surface area contributed by atoms with E-state index in [2.05, 4.69) is 29.4 Å². The van der Waals surface area contributed by atoms with E-state index in [0.717, 1.165) is 26.1 Å². The number of hydrogen-bond donors (Lipinski definition) is 2. The topological polar surface area (TPSA) is 81.8 Å². The van der Waals surface area contributed by atoms with Crippen LogP contribution in [0.15, 0.2) is 18.2 Å². The largest absolute Gasteiger partial charge is 0.338 e. The molecule has 0 aromatic heterocycles. The number of carbonyl (C=O) groups is 3. The predicted molar refractivity (Wildman–Crippen MR) is 106 cm³/mol. The molecule has 0 bridgehead atoms. The molecule has 1 aromatic rings. The maximum Gasteiger partial charge on any atom is 0.319 e. The Labute approximate surface area is 161 Å². The van der Waals surface area contributed by atoms with E-state index in [1.54, 1.807) is 18.2 Å². The third kappa shape index (κ3) is 4.86. The van der Waals surface area contributed by atoms with Gasteiger partial charge in [0.25, 0.3) is 11.8 Å². The fourth-order valence-corrected chi connectivity index (χ4v) is 3.15. The Hall–Kier alpha value is -2.41. The van der Waals surface area contributed by atoms with Crippen LogP contribution in [0.3, 0.4) is 0 Å². The van der Waals surface area contributed by atoms with Crippen molar-refractivity contribution < 1.29 is 14.4 Å². The first kappa shape index (κ1) is 20.9. The van der Waals surface area contributed by atoms with Crippen molar-refractivity contribution in [2.45, 2.75) is 46.6 Å². The molecule has 7 heteroatoms. The van der Waals surface area contributed by atoms with Crippen LogP contribution in [0, 0.1) is 0 Å². The molecule has 2 N–H and O–H groups in total. The quantitative estimate of drug-likeness (QED) is 0.568. The van der Waals surface area contributed by atoms with Crippen molar-refractivity contribution in [1.82, 2.24) is 15.1 Å². The van der Waals surface area contributed by atoms with Crippen LogP contribution >= 0.6 is 0 Å². The Bertz CT molecular complexity index is 720. The van der Waals surface area contributed by atoms with E-state index in [1.165, 1.54) is 4.90 Å². The molecule has 1 aliphatic heterocycles. The lowest BCUT2D eigenvalue weighted by Gasteiger charge is -2.29. The molecule has 7 nitrogen and oxygen atoms in total. The van der Waals surface area contributed by atoms with Crippen molar-refractivity contribution in [3.8, 4) is 0 Å². The highest BCUT2D eigenvalue weighted by Gasteiger charge is 2.41. The van der Waals surface area contributed by atoms with E-state index in [0.29, 0.717) is 23.4 Å². The van der Waals surface area contributed by atoms with Gasteiger partial charge in [0.1, 0.15) is 0 Å². The molecule has 0 saturated heterocycles. The molecule has 148 valence electrons. The fraction of sp³-hybridized carbons (Fsp3) is 0.550. The van der Waals surface area contributed by atoms with Gasteiger partial charge in [0.15, 0.2) is 0 Å². The van der Waals surface area contributed by atoms with E-state index in [1.807, 2.05) is 20.8 Å². The summed E-state index contributed by atoms with van der Waals surface area (Å²) in [6, 6.07) is 4.48. The summed E-state index contributed by atoms with van der Waals surface area (Å²) in [4.78, 5) is 40.7. The van der Waals surface area contributed by atoms with Crippen molar-refractivity contribution >= 4 is 23.5 Å². The van der Waals surface area contributed by atoms with Crippen LogP contribution in [-0.4, -0.2) is 59.4 Å². The number of nitrogens with one attached hydrogen (secondary N) is 2. The van der Waals surface area contributed by atoms with Crippen LogP contribution in [0.1, 0.15) is 61.8 Å². The van der Waals surface area contributed by atoms with Crippen LogP contribution in [0.25, 0.3) is 0 Å². The minimum Gasteiger partial charge on any atom is -0.338 e. The molecule has 27 heavy (non-hydrogen) atoms. The van der Waals surface area contributed by atoms with Crippen molar-refractivity contribution in [3.05, 3.63) is 29.3 Å². The minimum absolute atomic E-state index is 0.296. The highest BCUT2D eigenvalue weighted by atomic mass is 16.2. The van der Waals surface area contributed by atoms with E-state index >= 15 is 0 Å². The Balaban J connectivity index is 1.95. The molecule has 2 rings (SSSR count). The molecule has 1 aliphatic rings. The molecule has 1 aromatic carbocycles. The average Bonchev–Trinajstić information content (AvgIpc) is 2.85. The Kier molecular flexibility index (Phi) is 6.59. The third-order valence-electron chi connectivity index (χ3n) is 4.65. The molecule has 0 spiro atoms. The van der Waals surface area contributed by atoms with Gasteiger partial charge in [-0.15, -0.1) is 0 Å². The summed E-state index contributed by atoms with van der Waals surface area (Å²) >= 11 is 0. The smallest absolute Gasteiger partial charge is 0.319 e. The molecule has 4 amide bonds. The summed E-state index contributed by atoms with van der Waals surface area (Å²) in [5.74, 6) is -0.624. The number of urea groups is 1. The Morgan fingerprint density at radius 2 is 1.70 bits per heavy atom. The number of fused-ring (bicyclic) bond motifs is 1. The van der Waals surface area contributed by atoms with Gasteiger partial charge >= 0.3 is 6.03 Å². The zero-order chi connectivity index (χ0) is 20.2. The van der Waals surface area contributed by atoms with Gasteiger partial charge in [-0.2, -0.15) is 0 Å². The first-order valence-electron chi connectivity index (χ1n) is 9.49. The Morgan fingerprint density at radius 3 is 2.30 bits per heavy atom. The van der Waals surface area contributed by atoms with Crippen molar-refractivity contribution in [2.24, 2.45) is 0 Å². The molecule has 0 radical (unpaired) electrons. The van der Waals surface area contributed by atoms with Crippen molar-refractivity contribution in [1.29, 1.82) is 0 Å². The molecular formula is C20H30N4O3. The van der Waals surface area contributed by atoms with E-state index in [4.69, 9.17) is 0 Å². The zero-order valence-corrected chi connectivity index (χ0v) is 16.9.